The Bertz CT molecular complexity index is 380. The second-order valence-corrected chi connectivity index (χ2v) is 5.73. The van der Waals surface area contributed by atoms with E-state index in [-0.39, 0.29) is 0 Å². The highest BCUT2D eigenvalue weighted by molar-refractivity contribution is 5.08. The largest absolute Gasteiger partial charge is 0.381 e. The van der Waals surface area contributed by atoms with Gasteiger partial charge in [-0.05, 0) is 37.5 Å². The molecular weight excluding hydrogens is 212 g/mol. The Morgan fingerprint density at radius 3 is 3.24 bits per heavy atom. The van der Waals surface area contributed by atoms with Gasteiger partial charge in [-0.1, -0.05) is 6.92 Å². The van der Waals surface area contributed by atoms with Gasteiger partial charge in [0.05, 0.1) is 5.69 Å². The predicted octanol–water partition coefficient (Wildman–Crippen LogP) is 2.43. The van der Waals surface area contributed by atoms with Gasteiger partial charge in [0.2, 0.25) is 0 Å². The van der Waals surface area contributed by atoms with Crippen LogP contribution in [0, 0.1) is 11.8 Å². The lowest BCUT2D eigenvalue weighted by atomic mass is 9.97. The van der Waals surface area contributed by atoms with E-state index in [2.05, 4.69) is 17.7 Å². The Morgan fingerprint density at radius 1 is 1.47 bits per heavy atom. The number of imidazole rings is 1. The van der Waals surface area contributed by atoms with Crippen molar-refractivity contribution in [1.29, 1.82) is 0 Å². The molecule has 0 saturated carbocycles. The molecule has 0 amide bonds. The van der Waals surface area contributed by atoms with Crippen molar-refractivity contribution in [3.05, 3.63) is 17.7 Å². The molecule has 2 aliphatic rings. The first-order valence-electron chi connectivity index (χ1n) is 6.94. The molecule has 3 nitrogen and oxygen atoms in total. The van der Waals surface area contributed by atoms with E-state index in [0.29, 0.717) is 5.92 Å². The van der Waals surface area contributed by atoms with Crippen LogP contribution in [0.2, 0.25) is 0 Å². The molecular formula is C14H22N2O. The van der Waals surface area contributed by atoms with Crippen molar-refractivity contribution < 1.29 is 4.74 Å². The molecule has 2 aliphatic heterocycles. The van der Waals surface area contributed by atoms with Crippen molar-refractivity contribution in [2.24, 2.45) is 11.8 Å². The molecule has 0 N–H and O–H groups in total. The van der Waals surface area contributed by atoms with E-state index in [9.17, 15) is 0 Å². The van der Waals surface area contributed by atoms with E-state index in [0.717, 1.165) is 38.5 Å². The van der Waals surface area contributed by atoms with E-state index < -0.39 is 0 Å². The fourth-order valence-electron chi connectivity index (χ4n) is 3.01. The van der Waals surface area contributed by atoms with Gasteiger partial charge in [0.1, 0.15) is 5.82 Å². The first-order chi connectivity index (χ1) is 8.31. The van der Waals surface area contributed by atoms with Crippen LogP contribution in [0.1, 0.15) is 37.7 Å². The number of ether oxygens (including phenoxy) is 1. The molecule has 3 heterocycles. The van der Waals surface area contributed by atoms with Crippen LogP contribution in [0.5, 0.6) is 0 Å². The van der Waals surface area contributed by atoms with Crippen LogP contribution in [0.4, 0.5) is 0 Å². The minimum atomic E-state index is 0.693. The zero-order valence-electron chi connectivity index (χ0n) is 10.7. The van der Waals surface area contributed by atoms with Crippen LogP contribution in [-0.2, 0) is 24.1 Å². The summed E-state index contributed by atoms with van der Waals surface area (Å²) >= 11 is 0. The molecule has 0 radical (unpaired) electrons. The van der Waals surface area contributed by atoms with Crippen molar-refractivity contribution in [3.8, 4) is 0 Å². The van der Waals surface area contributed by atoms with Crippen molar-refractivity contribution >= 4 is 0 Å². The molecule has 0 aromatic carbocycles. The Hall–Kier alpha value is -0.830. The summed E-state index contributed by atoms with van der Waals surface area (Å²) in [5.41, 5.74) is 1.28. The van der Waals surface area contributed by atoms with Crippen LogP contribution in [-0.4, -0.2) is 22.8 Å². The quantitative estimate of drug-likeness (QED) is 0.786. The van der Waals surface area contributed by atoms with Crippen LogP contribution in [0.3, 0.4) is 0 Å². The Balaban J connectivity index is 1.67. The van der Waals surface area contributed by atoms with Crippen LogP contribution in [0.25, 0.3) is 0 Å². The van der Waals surface area contributed by atoms with E-state index >= 15 is 0 Å². The standard InChI is InChI=1S/C14H22N2O/c1-11-4-5-16-9-13(15-14(16)7-11)8-12-3-2-6-17-10-12/h9,11-12H,2-8,10H2,1H3. The van der Waals surface area contributed by atoms with E-state index in [1.807, 2.05) is 0 Å². The van der Waals surface area contributed by atoms with E-state index in [1.165, 1.54) is 30.8 Å². The number of nitrogens with zero attached hydrogens (tertiary/aromatic N) is 2. The fraction of sp³-hybridized carbons (Fsp3) is 0.786. The van der Waals surface area contributed by atoms with Crippen molar-refractivity contribution in [2.45, 2.75) is 45.6 Å². The summed E-state index contributed by atoms with van der Waals surface area (Å²) < 4.78 is 7.90. The van der Waals surface area contributed by atoms with E-state index in [1.54, 1.807) is 0 Å². The summed E-state index contributed by atoms with van der Waals surface area (Å²) in [5, 5.41) is 0. The van der Waals surface area contributed by atoms with Gasteiger partial charge in [0, 0.05) is 32.4 Å². The van der Waals surface area contributed by atoms with Gasteiger partial charge in [0.25, 0.3) is 0 Å². The fourth-order valence-corrected chi connectivity index (χ4v) is 3.01. The molecule has 0 spiro atoms. The van der Waals surface area contributed by atoms with Crippen LogP contribution >= 0.6 is 0 Å². The lowest BCUT2D eigenvalue weighted by molar-refractivity contribution is 0.0547. The third-order valence-corrected chi connectivity index (χ3v) is 4.06. The summed E-state index contributed by atoms with van der Waals surface area (Å²) in [6.45, 7) is 5.36. The monoisotopic (exact) mass is 234 g/mol. The number of rotatable bonds is 2. The minimum Gasteiger partial charge on any atom is -0.381 e. The average molecular weight is 234 g/mol. The first-order valence-corrected chi connectivity index (χ1v) is 6.94. The summed E-state index contributed by atoms with van der Waals surface area (Å²) in [7, 11) is 0. The first kappa shape index (κ1) is 11.3. The number of aromatic nitrogens is 2. The molecule has 1 aromatic rings. The number of aryl methyl sites for hydroxylation is 1. The maximum absolute atomic E-state index is 5.54. The average Bonchev–Trinajstić information content (AvgIpc) is 2.71. The van der Waals surface area contributed by atoms with Crippen LogP contribution in [0.15, 0.2) is 6.20 Å². The lowest BCUT2D eigenvalue weighted by Crippen LogP contribution is -2.19. The summed E-state index contributed by atoms with van der Waals surface area (Å²) in [5.74, 6) is 2.80. The second kappa shape index (κ2) is 4.81. The SMILES string of the molecule is CC1CCn2cc(CC3CCCOC3)nc2C1. The zero-order valence-corrected chi connectivity index (χ0v) is 10.7. The second-order valence-electron chi connectivity index (χ2n) is 5.73. The molecule has 2 atom stereocenters. The summed E-state index contributed by atoms with van der Waals surface area (Å²) in [4.78, 5) is 4.80. The number of hydrogen-bond donors (Lipinski definition) is 0. The normalized spacial score (nSPS) is 29.0. The van der Waals surface area contributed by atoms with Crippen molar-refractivity contribution in [3.63, 3.8) is 0 Å². The molecule has 1 aromatic heterocycles. The molecule has 94 valence electrons. The molecule has 3 rings (SSSR count). The minimum absolute atomic E-state index is 0.693. The molecule has 17 heavy (non-hydrogen) atoms. The number of fused-ring (bicyclic) bond motifs is 1. The highest BCUT2D eigenvalue weighted by Gasteiger charge is 2.20. The topological polar surface area (TPSA) is 27.1 Å². The third kappa shape index (κ3) is 2.54. The lowest BCUT2D eigenvalue weighted by Gasteiger charge is -2.20. The third-order valence-electron chi connectivity index (χ3n) is 4.06. The molecule has 1 fully saturated rings. The summed E-state index contributed by atoms with van der Waals surface area (Å²) in [6, 6.07) is 0. The maximum atomic E-state index is 5.54. The Kier molecular flexibility index (Phi) is 3.19. The highest BCUT2D eigenvalue weighted by atomic mass is 16.5. The van der Waals surface area contributed by atoms with Gasteiger partial charge in [-0.25, -0.2) is 4.98 Å². The zero-order chi connectivity index (χ0) is 11.7. The maximum Gasteiger partial charge on any atom is 0.109 e. The van der Waals surface area contributed by atoms with Gasteiger partial charge in [0.15, 0.2) is 0 Å². The Labute approximate surface area is 103 Å². The van der Waals surface area contributed by atoms with Crippen molar-refractivity contribution in [2.75, 3.05) is 13.2 Å². The van der Waals surface area contributed by atoms with Gasteiger partial charge in [-0.2, -0.15) is 0 Å². The molecule has 3 heteroatoms. The Morgan fingerprint density at radius 2 is 2.41 bits per heavy atom. The number of hydrogen-bond acceptors (Lipinski definition) is 2. The molecule has 1 saturated heterocycles. The molecule has 0 aliphatic carbocycles. The van der Waals surface area contributed by atoms with Gasteiger partial charge >= 0.3 is 0 Å². The van der Waals surface area contributed by atoms with Crippen LogP contribution < -0.4 is 0 Å². The molecule has 0 bridgehead atoms. The van der Waals surface area contributed by atoms with Gasteiger partial charge < -0.3 is 9.30 Å². The van der Waals surface area contributed by atoms with E-state index in [4.69, 9.17) is 9.72 Å². The van der Waals surface area contributed by atoms with Crippen molar-refractivity contribution in [1.82, 2.24) is 9.55 Å². The smallest absolute Gasteiger partial charge is 0.109 e. The summed E-state index contributed by atoms with van der Waals surface area (Å²) in [6.07, 6.45) is 8.36. The highest BCUT2D eigenvalue weighted by Crippen LogP contribution is 2.23. The van der Waals surface area contributed by atoms with Gasteiger partial charge in [-0.3, -0.25) is 0 Å². The molecule has 2 unspecified atom stereocenters. The van der Waals surface area contributed by atoms with Gasteiger partial charge in [-0.15, -0.1) is 0 Å². The predicted molar refractivity (Wildman–Crippen MR) is 67.0 cm³/mol.